The zero-order chi connectivity index (χ0) is 19.0. The molecule has 5 heteroatoms. The van der Waals surface area contributed by atoms with Crippen LogP contribution in [0.4, 0.5) is 0 Å². The molecular weight excluding hydrogens is 332 g/mol. The molecule has 5 nitrogen and oxygen atoms in total. The van der Waals surface area contributed by atoms with Crippen molar-refractivity contribution in [1.82, 2.24) is 0 Å². The Labute approximate surface area is 160 Å². The molecule has 0 aromatic carbocycles. The summed E-state index contributed by atoms with van der Waals surface area (Å²) in [5.41, 5.74) is 0. The topological polar surface area (TPSA) is 46.2 Å². The van der Waals surface area contributed by atoms with E-state index >= 15 is 0 Å². The SMILES string of the molecule is C=CCO[C@H]1O[C@H](COCCCC)C[C@H](OCCCC)[C@H]1OCCCC. The van der Waals surface area contributed by atoms with Crippen LogP contribution < -0.4 is 0 Å². The lowest BCUT2D eigenvalue weighted by Crippen LogP contribution is -2.53. The van der Waals surface area contributed by atoms with Crippen molar-refractivity contribution in [2.24, 2.45) is 0 Å². The summed E-state index contributed by atoms with van der Waals surface area (Å²) in [4.78, 5) is 0. The van der Waals surface area contributed by atoms with Gasteiger partial charge in [0.15, 0.2) is 6.29 Å². The maximum absolute atomic E-state index is 6.17. The summed E-state index contributed by atoms with van der Waals surface area (Å²) in [6.45, 7) is 13.4. The predicted octanol–water partition coefficient (Wildman–Crippen LogP) is 4.49. The Morgan fingerprint density at radius 3 is 2.23 bits per heavy atom. The Morgan fingerprint density at radius 2 is 1.58 bits per heavy atom. The van der Waals surface area contributed by atoms with Crippen molar-refractivity contribution in [3.8, 4) is 0 Å². The quantitative estimate of drug-likeness (QED) is 0.295. The van der Waals surface area contributed by atoms with E-state index in [0.717, 1.165) is 58.2 Å². The molecule has 0 unspecified atom stereocenters. The molecule has 0 bridgehead atoms. The molecule has 1 aliphatic rings. The highest BCUT2D eigenvalue weighted by Gasteiger charge is 2.41. The standard InChI is InChI=1S/C21H40O5/c1-5-9-13-22-17-18-16-19(23-14-10-6-2)20(24-15-11-7-3)21(26-18)25-12-8-4/h8,18-21H,4-7,9-17H2,1-3H3/t18-,19-,20+,21-/m0/s1. The minimum atomic E-state index is -0.440. The third-order valence-electron chi connectivity index (χ3n) is 4.42. The van der Waals surface area contributed by atoms with Gasteiger partial charge in [-0.05, 0) is 19.3 Å². The first kappa shape index (κ1) is 23.6. The second kappa shape index (κ2) is 15.6. The lowest BCUT2D eigenvalue weighted by Gasteiger charge is -2.41. The van der Waals surface area contributed by atoms with Crippen molar-refractivity contribution in [1.29, 1.82) is 0 Å². The third kappa shape index (κ3) is 9.47. The molecule has 0 radical (unpaired) electrons. The average molecular weight is 373 g/mol. The van der Waals surface area contributed by atoms with Gasteiger partial charge in [0.05, 0.1) is 25.4 Å². The number of unbranched alkanes of at least 4 members (excludes halogenated alkanes) is 3. The number of rotatable bonds is 16. The van der Waals surface area contributed by atoms with Crippen LogP contribution in [-0.4, -0.2) is 57.6 Å². The van der Waals surface area contributed by atoms with Gasteiger partial charge in [-0.3, -0.25) is 0 Å². The summed E-state index contributed by atoms with van der Waals surface area (Å²) < 4.78 is 30.1. The van der Waals surface area contributed by atoms with Gasteiger partial charge in [0, 0.05) is 26.2 Å². The molecule has 1 rings (SSSR count). The van der Waals surface area contributed by atoms with Crippen LogP contribution in [0.25, 0.3) is 0 Å². The van der Waals surface area contributed by atoms with Gasteiger partial charge < -0.3 is 23.7 Å². The second-order valence-electron chi connectivity index (χ2n) is 6.86. The smallest absolute Gasteiger partial charge is 0.187 e. The fourth-order valence-electron chi connectivity index (χ4n) is 2.85. The van der Waals surface area contributed by atoms with Gasteiger partial charge in [0.2, 0.25) is 0 Å². The maximum atomic E-state index is 6.17. The molecule has 154 valence electrons. The summed E-state index contributed by atoms with van der Waals surface area (Å²) in [5.74, 6) is 0. The van der Waals surface area contributed by atoms with Gasteiger partial charge in [-0.2, -0.15) is 0 Å². The summed E-state index contributed by atoms with van der Waals surface area (Å²) in [6.07, 6.45) is 8.31. The average Bonchev–Trinajstić information content (AvgIpc) is 2.65. The largest absolute Gasteiger partial charge is 0.379 e. The molecule has 4 atom stereocenters. The van der Waals surface area contributed by atoms with Crippen molar-refractivity contribution in [3.05, 3.63) is 12.7 Å². The molecule has 0 aromatic rings. The second-order valence-corrected chi connectivity index (χ2v) is 6.86. The van der Waals surface area contributed by atoms with E-state index in [-0.39, 0.29) is 18.3 Å². The molecule has 26 heavy (non-hydrogen) atoms. The van der Waals surface area contributed by atoms with E-state index in [1.54, 1.807) is 6.08 Å². The number of ether oxygens (including phenoxy) is 5. The van der Waals surface area contributed by atoms with E-state index in [0.29, 0.717) is 19.8 Å². The monoisotopic (exact) mass is 372 g/mol. The summed E-state index contributed by atoms with van der Waals surface area (Å²) in [6, 6.07) is 0. The molecule has 0 spiro atoms. The molecule has 1 heterocycles. The van der Waals surface area contributed by atoms with Gasteiger partial charge >= 0.3 is 0 Å². The van der Waals surface area contributed by atoms with E-state index in [4.69, 9.17) is 23.7 Å². The molecule has 0 amide bonds. The van der Waals surface area contributed by atoms with Crippen molar-refractivity contribution in [3.63, 3.8) is 0 Å². The molecule has 1 fully saturated rings. The molecule has 0 aromatic heterocycles. The van der Waals surface area contributed by atoms with Crippen molar-refractivity contribution in [2.75, 3.05) is 33.0 Å². The highest BCUT2D eigenvalue weighted by Crippen LogP contribution is 2.27. The Hall–Kier alpha value is -0.460. The molecule has 1 aliphatic heterocycles. The predicted molar refractivity (Wildman–Crippen MR) is 104 cm³/mol. The van der Waals surface area contributed by atoms with E-state index in [1.165, 1.54) is 0 Å². The first-order valence-corrected chi connectivity index (χ1v) is 10.5. The van der Waals surface area contributed by atoms with Crippen LogP contribution in [0.2, 0.25) is 0 Å². The fourth-order valence-corrected chi connectivity index (χ4v) is 2.85. The van der Waals surface area contributed by atoms with Crippen LogP contribution in [0.5, 0.6) is 0 Å². The van der Waals surface area contributed by atoms with Gasteiger partial charge in [-0.1, -0.05) is 46.1 Å². The van der Waals surface area contributed by atoms with E-state index in [9.17, 15) is 0 Å². The zero-order valence-corrected chi connectivity index (χ0v) is 17.1. The van der Waals surface area contributed by atoms with E-state index < -0.39 is 6.29 Å². The Kier molecular flexibility index (Phi) is 14.1. The van der Waals surface area contributed by atoms with Gasteiger partial charge in [-0.25, -0.2) is 0 Å². The van der Waals surface area contributed by atoms with Crippen molar-refractivity contribution < 1.29 is 23.7 Å². The van der Waals surface area contributed by atoms with Crippen LogP contribution in [0, 0.1) is 0 Å². The van der Waals surface area contributed by atoms with Crippen LogP contribution in [0.15, 0.2) is 12.7 Å². The number of hydrogen-bond acceptors (Lipinski definition) is 5. The van der Waals surface area contributed by atoms with Crippen molar-refractivity contribution in [2.45, 2.75) is 90.3 Å². The van der Waals surface area contributed by atoms with Gasteiger partial charge in [0.1, 0.15) is 6.10 Å². The Bertz CT molecular complexity index is 336. The van der Waals surface area contributed by atoms with Crippen LogP contribution in [-0.2, 0) is 23.7 Å². The van der Waals surface area contributed by atoms with E-state index in [1.807, 2.05) is 0 Å². The van der Waals surface area contributed by atoms with Crippen LogP contribution in [0.1, 0.15) is 65.7 Å². The molecule has 0 saturated carbocycles. The number of hydrogen-bond donors (Lipinski definition) is 0. The minimum absolute atomic E-state index is 0.0262. The lowest BCUT2D eigenvalue weighted by atomic mass is 10.0. The third-order valence-corrected chi connectivity index (χ3v) is 4.42. The summed E-state index contributed by atoms with van der Waals surface area (Å²) >= 11 is 0. The summed E-state index contributed by atoms with van der Waals surface area (Å²) in [7, 11) is 0. The summed E-state index contributed by atoms with van der Waals surface area (Å²) in [5, 5.41) is 0. The Balaban J connectivity index is 2.67. The van der Waals surface area contributed by atoms with Gasteiger partial charge in [-0.15, -0.1) is 6.58 Å². The van der Waals surface area contributed by atoms with Crippen molar-refractivity contribution >= 4 is 0 Å². The first-order valence-electron chi connectivity index (χ1n) is 10.5. The molecule has 1 saturated heterocycles. The van der Waals surface area contributed by atoms with E-state index in [2.05, 4.69) is 27.4 Å². The van der Waals surface area contributed by atoms with Crippen LogP contribution in [0.3, 0.4) is 0 Å². The maximum Gasteiger partial charge on any atom is 0.187 e. The molecule has 0 N–H and O–H groups in total. The lowest BCUT2D eigenvalue weighted by molar-refractivity contribution is -0.286. The highest BCUT2D eigenvalue weighted by atomic mass is 16.7. The zero-order valence-electron chi connectivity index (χ0n) is 17.1. The van der Waals surface area contributed by atoms with Crippen LogP contribution >= 0.6 is 0 Å². The Morgan fingerprint density at radius 1 is 0.923 bits per heavy atom. The molecule has 0 aliphatic carbocycles. The molecular formula is C21H40O5. The van der Waals surface area contributed by atoms with Gasteiger partial charge in [0.25, 0.3) is 0 Å². The normalized spacial score (nSPS) is 26.1. The first-order chi connectivity index (χ1) is 12.8. The highest BCUT2D eigenvalue weighted by molar-refractivity contribution is 4.85. The fraction of sp³-hybridized carbons (Fsp3) is 0.905. The minimum Gasteiger partial charge on any atom is -0.379 e.